The van der Waals surface area contributed by atoms with Crippen LogP contribution < -0.4 is 10.5 Å². The third-order valence-corrected chi connectivity index (χ3v) is 2.06. The average Bonchev–Trinajstić information content (AvgIpc) is 2.16. The van der Waals surface area contributed by atoms with E-state index in [-0.39, 0.29) is 6.04 Å². The molecule has 0 aliphatic carbocycles. The van der Waals surface area contributed by atoms with Crippen molar-refractivity contribution in [1.82, 2.24) is 0 Å². The molecule has 1 rings (SSSR count). The van der Waals surface area contributed by atoms with Crippen LogP contribution in [-0.4, -0.2) is 7.11 Å². The predicted molar refractivity (Wildman–Crippen MR) is 54.9 cm³/mol. The third kappa shape index (κ3) is 2.10. The second-order valence-electron chi connectivity index (χ2n) is 2.99. The second kappa shape index (κ2) is 4.10. The smallest absolute Gasteiger partial charge is 0.121 e. The first kappa shape index (κ1) is 9.81. The van der Waals surface area contributed by atoms with Crippen LogP contribution in [0.3, 0.4) is 0 Å². The number of benzene rings is 1. The summed E-state index contributed by atoms with van der Waals surface area (Å²) in [6.45, 7) is 5.65. The lowest BCUT2D eigenvalue weighted by molar-refractivity contribution is 0.411. The molecular formula is C11H15NO. The van der Waals surface area contributed by atoms with Gasteiger partial charge in [0, 0.05) is 6.04 Å². The summed E-state index contributed by atoms with van der Waals surface area (Å²) in [4.78, 5) is 0. The third-order valence-electron chi connectivity index (χ3n) is 2.06. The van der Waals surface area contributed by atoms with E-state index in [0.29, 0.717) is 0 Å². The minimum absolute atomic E-state index is 0.0930. The molecule has 0 spiro atoms. The number of nitrogens with two attached hydrogens (primary N) is 1. The van der Waals surface area contributed by atoms with Gasteiger partial charge in [-0.1, -0.05) is 18.2 Å². The van der Waals surface area contributed by atoms with E-state index in [9.17, 15) is 0 Å². The number of hydrogen-bond donors (Lipinski definition) is 1. The van der Waals surface area contributed by atoms with Crippen LogP contribution in [0.25, 0.3) is 0 Å². The Labute approximate surface area is 79.0 Å². The van der Waals surface area contributed by atoms with Crippen LogP contribution >= 0.6 is 0 Å². The highest BCUT2D eigenvalue weighted by molar-refractivity contribution is 5.38. The summed E-state index contributed by atoms with van der Waals surface area (Å²) in [5.41, 5.74) is 7.95. The molecule has 2 nitrogen and oxygen atoms in total. The van der Waals surface area contributed by atoms with E-state index in [1.54, 1.807) is 13.2 Å². The molecule has 0 bridgehead atoms. The van der Waals surface area contributed by atoms with E-state index in [1.807, 2.05) is 25.1 Å². The van der Waals surface area contributed by atoms with Crippen LogP contribution in [0.15, 0.2) is 30.9 Å². The van der Waals surface area contributed by atoms with E-state index < -0.39 is 0 Å². The van der Waals surface area contributed by atoms with Crippen molar-refractivity contribution in [2.75, 3.05) is 7.11 Å². The molecule has 1 aromatic carbocycles. The molecule has 0 heterocycles. The van der Waals surface area contributed by atoms with Crippen LogP contribution in [0.5, 0.6) is 5.75 Å². The molecule has 0 radical (unpaired) electrons. The molecule has 0 aliphatic heterocycles. The topological polar surface area (TPSA) is 35.2 Å². The summed E-state index contributed by atoms with van der Waals surface area (Å²) in [5, 5.41) is 0. The molecule has 0 amide bonds. The van der Waals surface area contributed by atoms with Crippen molar-refractivity contribution in [3.63, 3.8) is 0 Å². The van der Waals surface area contributed by atoms with Gasteiger partial charge in [-0.25, -0.2) is 0 Å². The second-order valence-corrected chi connectivity index (χ2v) is 2.99. The lowest BCUT2D eigenvalue weighted by atomic mass is 10.0. The summed E-state index contributed by atoms with van der Waals surface area (Å²) < 4.78 is 5.15. The zero-order valence-corrected chi connectivity index (χ0v) is 8.08. The van der Waals surface area contributed by atoms with Gasteiger partial charge < -0.3 is 10.5 Å². The Hall–Kier alpha value is -1.28. The highest BCUT2D eigenvalue weighted by Gasteiger charge is 2.03. The van der Waals surface area contributed by atoms with E-state index in [0.717, 1.165) is 16.9 Å². The fraction of sp³-hybridized carbons (Fsp3) is 0.273. The van der Waals surface area contributed by atoms with Crippen molar-refractivity contribution in [3.05, 3.63) is 42.0 Å². The van der Waals surface area contributed by atoms with Crippen molar-refractivity contribution >= 4 is 0 Å². The van der Waals surface area contributed by atoms with Crippen LogP contribution in [0.1, 0.15) is 17.2 Å². The highest BCUT2D eigenvalue weighted by Crippen LogP contribution is 2.21. The molecule has 13 heavy (non-hydrogen) atoms. The van der Waals surface area contributed by atoms with Gasteiger partial charge in [0.05, 0.1) is 7.11 Å². The molecule has 1 aromatic rings. The standard InChI is InChI=1S/C11H15NO/c1-4-10(12)9-5-6-11(13-3)8(2)7-9/h4-7,10H,1,12H2,2-3H3/t10-/m1/s1. The van der Waals surface area contributed by atoms with Crippen LogP contribution in [0, 0.1) is 6.92 Å². The molecule has 2 heteroatoms. The summed E-state index contributed by atoms with van der Waals surface area (Å²) in [7, 11) is 1.66. The molecule has 1 atom stereocenters. The molecular weight excluding hydrogens is 162 g/mol. The van der Waals surface area contributed by atoms with Gasteiger partial charge in [-0.15, -0.1) is 6.58 Å². The van der Waals surface area contributed by atoms with Crippen LogP contribution in [-0.2, 0) is 0 Å². The van der Waals surface area contributed by atoms with Gasteiger partial charge in [-0.3, -0.25) is 0 Å². The zero-order chi connectivity index (χ0) is 9.84. The van der Waals surface area contributed by atoms with Gasteiger partial charge in [0.15, 0.2) is 0 Å². The Kier molecular flexibility index (Phi) is 3.09. The van der Waals surface area contributed by atoms with Crippen LogP contribution in [0.4, 0.5) is 0 Å². The lowest BCUT2D eigenvalue weighted by Crippen LogP contribution is -2.06. The van der Waals surface area contributed by atoms with E-state index in [4.69, 9.17) is 10.5 Å². The first-order chi connectivity index (χ1) is 6.19. The number of methoxy groups -OCH3 is 1. The highest BCUT2D eigenvalue weighted by atomic mass is 16.5. The monoisotopic (exact) mass is 177 g/mol. The van der Waals surface area contributed by atoms with Gasteiger partial charge in [0.1, 0.15) is 5.75 Å². The number of ether oxygens (including phenoxy) is 1. The van der Waals surface area contributed by atoms with Crippen molar-refractivity contribution in [3.8, 4) is 5.75 Å². The number of hydrogen-bond acceptors (Lipinski definition) is 2. The van der Waals surface area contributed by atoms with Gasteiger partial charge in [-0.2, -0.15) is 0 Å². The number of aryl methyl sites for hydroxylation is 1. The van der Waals surface area contributed by atoms with Gasteiger partial charge in [0.2, 0.25) is 0 Å². The summed E-state index contributed by atoms with van der Waals surface area (Å²) in [6.07, 6.45) is 1.72. The van der Waals surface area contributed by atoms with Gasteiger partial charge >= 0.3 is 0 Å². The molecule has 0 saturated carbocycles. The largest absolute Gasteiger partial charge is 0.496 e. The predicted octanol–water partition coefficient (Wildman–Crippen LogP) is 2.19. The van der Waals surface area contributed by atoms with E-state index in [1.165, 1.54) is 0 Å². The van der Waals surface area contributed by atoms with Gasteiger partial charge in [-0.05, 0) is 24.1 Å². The SMILES string of the molecule is C=C[C@@H](N)c1ccc(OC)c(C)c1. The maximum absolute atomic E-state index is 5.80. The molecule has 70 valence electrons. The Morgan fingerprint density at radius 1 is 1.54 bits per heavy atom. The minimum atomic E-state index is -0.0930. The Bertz CT molecular complexity index is 307. The van der Waals surface area contributed by atoms with Crippen molar-refractivity contribution < 1.29 is 4.74 Å². The van der Waals surface area contributed by atoms with E-state index in [2.05, 4.69) is 6.58 Å². The first-order valence-corrected chi connectivity index (χ1v) is 4.21. The number of rotatable bonds is 3. The van der Waals surface area contributed by atoms with Crippen LogP contribution in [0.2, 0.25) is 0 Å². The van der Waals surface area contributed by atoms with Gasteiger partial charge in [0.25, 0.3) is 0 Å². The Morgan fingerprint density at radius 3 is 2.69 bits per heavy atom. The van der Waals surface area contributed by atoms with Crippen molar-refractivity contribution in [2.24, 2.45) is 5.73 Å². The fourth-order valence-electron chi connectivity index (χ4n) is 1.25. The van der Waals surface area contributed by atoms with Crippen molar-refractivity contribution in [1.29, 1.82) is 0 Å². The average molecular weight is 177 g/mol. The Morgan fingerprint density at radius 2 is 2.23 bits per heavy atom. The lowest BCUT2D eigenvalue weighted by Gasteiger charge is -2.10. The van der Waals surface area contributed by atoms with E-state index >= 15 is 0 Å². The molecule has 2 N–H and O–H groups in total. The molecule has 0 fully saturated rings. The molecule has 0 aromatic heterocycles. The first-order valence-electron chi connectivity index (χ1n) is 4.21. The maximum atomic E-state index is 5.80. The summed E-state index contributed by atoms with van der Waals surface area (Å²) in [6, 6.07) is 5.81. The maximum Gasteiger partial charge on any atom is 0.121 e. The fourth-order valence-corrected chi connectivity index (χ4v) is 1.25. The summed E-state index contributed by atoms with van der Waals surface area (Å²) >= 11 is 0. The molecule has 0 saturated heterocycles. The zero-order valence-electron chi connectivity index (χ0n) is 8.08. The van der Waals surface area contributed by atoms with Crippen molar-refractivity contribution in [2.45, 2.75) is 13.0 Å². The summed E-state index contributed by atoms with van der Waals surface area (Å²) in [5.74, 6) is 0.889. The quantitative estimate of drug-likeness (QED) is 0.718. The molecule has 0 aliphatic rings. The molecule has 0 unspecified atom stereocenters. The normalized spacial score (nSPS) is 12.2. The minimum Gasteiger partial charge on any atom is -0.496 e. The Balaban J connectivity index is 3.02.